The Balaban J connectivity index is 1.90. The smallest absolute Gasteiger partial charge is 0.451 e. The number of hydrogen-bond acceptors (Lipinski definition) is 5. The topological polar surface area (TPSA) is 107 Å². The average Bonchev–Trinajstić information content (AvgIpc) is 3.01. The second-order valence-electron chi connectivity index (χ2n) is 6.78. The number of aliphatic carboxylic acids is 1. The Hall–Kier alpha value is -1.41. The van der Waals surface area contributed by atoms with Gasteiger partial charge in [-0.25, -0.2) is 0 Å². The molecule has 1 heterocycles. The largest absolute Gasteiger partial charge is 0.480 e. The lowest BCUT2D eigenvalue weighted by Crippen LogP contribution is -2.55. The third kappa shape index (κ3) is 5.04. The molecule has 5 N–H and O–H groups in total. The van der Waals surface area contributed by atoms with Gasteiger partial charge in [-0.05, 0) is 31.3 Å². The zero-order valence-electron chi connectivity index (χ0n) is 14.0. The number of nitrogens with two attached hydrogens (primary N) is 1. The highest BCUT2D eigenvalue weighted by molar-refractivity contribution is 6.40. The Labute approximate surface area is 143 Å². The van der Waals surface area contributed by atoms with Gasteiger partial charge in [0.25, 0.3) is 0 Å². The molecule has 1 aliphatic rings. The molecule has 7 heteroatoms. The monoisotopic (exact) mass is 334 g/mol. The van der Waals surface area contributed by atoms with E-state index in [1.165, 1.54) is 5.56 Å². The highest BCUT2D eigenvalue weighted by atomic mass is 16.4. The van der Waals surface area contributed by atoms with Gasteiger partial charge in [0.15, 0.2) is 0 Å². The normalized spacial score (nSPS) is 20.7. The van der Waals surface area contributed by atoms with Crippen molar-refractivity contribution in [1.82, 2.24) is 4.90 Å². The third-order valence-electron chi connectivity index (χ3n) is 4.95. The highest BCUT2D eigenvalue weighted by Gasteiger charge is 2.44. The fourth-order valence-corrected chi connectivity index (χ4v) is 3.47. The fraction of sp³-hybridized carbons (Fsp3) is 0.588. The van der Waals surface area contributed by atoms with Crippen molar-refractivity contribution in [1.29, 1.82) is 0 Å². The quantitative estimate of drug-likeness (QED) is 0.395. The van der Waals surface area contributed by atoms with Crippen molar-refractivity contribution >= 4 is 13.1 Å². The van der Waals surface area contributed by atoms with Gasteiger partial charge in [-0.15, -0.1) is 0 Å². The molecule has 6 nitrogen and oxygen atoms in total. The van der Waals surface area contributed by atoms with E-state index < -0.39 is 18.6 Å². The van der Waals surface area contributed by atoms with Crippen molar-refractivity contribution < 1.29 is 19.9 Å². The van der Waals surface area contributed by atoms with Gasteiger partial charge < -0.3 is 20.9 Å². The van der Waals surface area contributed by atoms with Gasteiger partial charge in [-0.3, -0.25) is 9.69 Å². The van der Waals surface area contributed by atoms with Crippen molar-refractivity contribution in [2.75, 3.05) is 13.1 Å². The molecule has 0 amide bonds. The van der Waals surface area contributed by atoms with Crippen LogP contribution >= 0.6 is 0 Å². The Morgan fingerprint density at radius 3 is 2.62 bits per heavy atom. The van der Waals surface area contributed by atoms with Crippen LogP contribution in [0.5, 0.6) is 0 Å². The van der Waals surface area contributed by atoms with Gasteiger partial charge in [0.2, 0.25) is 0 Å². The predicted octanol–water partition coefficient (Wildman–Crippen LogP) is 0.934. The number of carboxylic acid groups (broad SMARTS) is 1. The van der Waals surface area contributed by atoms with Crippen LogP contribution in [-0.2, 0) is 11.3 Å². The van der Waals surface area contributed by atoms with E-state index in [1.807, 2.05) is 18.2 Å². The lowest BCUT2D eigenvalue weighted by atomic mass is 9.77. The van der Waals surface area contributed by atoms with Crippen LogP contribution in [0.15, 0.2) is 30.3 Å². The SMILES string of the molecule is NC(CCCCB(O)O)(C(=O)O)[C@@H]1CCN(Cc2ccccc2)C1. The van der Waals surface area contributed by atoms with E-state index in [4.69, 9.17) is 15.8 Å². The third-order valence-corrected chi connectivity index (χ3v) is 4.95. The van der Waals surface area contributed by atoms with Crippen molar-refractivity contribution in [3.05, 3.63) is 35.9 Å². The predicted molar refractivity (Wildman–Crippen MR) is 93.2 cm³/mol. The summed E-state index contributed by atoms with van der Waals surface area (Å²) < 4.78 is 0. The molecule has 1 unspecified atom stereocenters. The number of likely N-dealkylation sites (tertiary alicyclic amines) is 1. The molecule has 0 radical (unpaired) electrons. The molecule has 1 aliphatic heterocycles. The molecule has 132 valence electrons. The van der Waals surface area contributed by atoms with Gasteiger partial charge in [0.05, 0.1) is 0 Å². The van der Waals surface area contributed by atoms with Gasteiger partial charge >= 0.3 is 13.1 Å². The first-order valence-corrected chi connectivity index (χ1v) is 8.56. The van der Waals surface area contributed by atoms with E-state index in [0.717, 1.165) is 19.5 Å². The maximum Gasteiger partial charge on any atom is 0.451 e. The highest BCUT2D eigenvalue weighted by Crippen LogP contribution is 2.31. The summed E-state index contributed by atoms with van der Waals surface area (Å²) in [5, 5.41) is 27.4. The van der Waals surface area contributed by atoms with Crippen LogP contribution in [0.4, 0.5) is 0 Å². The first-order chi connectivity index (χ1) is 11.4. The number of benzene rings is 1. The van der Waals surface area contributed by atoms with Gasteiger partial charge in [-0.1, -0.05) is 43.2 Å². The van der Waals surface area contributed by atoms with Crippen LogP contribution in [-0.4, -0.2) is 51.8 Å². The molecule has 1 aromatic rings. The molecular weight excluding hydrogens is 307 g/mol. The van der Waals surface area contributed by atoms with E-state index in [0.29, 0.717) is 25.8 Å². The molecule has 0 bridgehead atoms. The van der Waals surface area contributed by atoms with Crippen LogP contribution in [0.1, 0.15) is 31.2 Å². The van der Waals surface area contributed by atoms with Crippen molar-refractivity contribution in [2.24, 2.45) is 11.7 Å². The maximum atomic E-state index is 11.8. The molecule has 2 rings (SSSR count). The summed E-state index contributed by atoms with van der Waals surface area (Å²) in [6.45, 7) is 2.34. The number of carboxylic acids is 1. The zero-order valence-corrected chi connectivity index (χ0v) is 14.0. The fourth-order valence-electron chi connectivity index (χ4n) is 3.47. The first kappa shape index (κ1) is 18.9. The van der Waals surface area contributed by atoms with Crippen molar-refractivity contribution in [3.63, 3.8) is 0 Å². The summed E-state index contributed by atoms with van der Waals surface area (Å²) >= 11 is 0. The van der Waals surface area contributed by atoms with Crippen LogP contribution in [0, 0.1) is 5.92 Å². The molecular formula is C17H27BN2O4. The molecule has 0 aliphatic carbocycles. The van der Waals surface area contributed by atoms with Crippen LogP contribution in [0.2, 0.25) is 6.32 Å². The van der Waals surface area contributed by atoms with Crippen molar-refractivity contribution in [3.8, 4) is 0 Å². The van der Waals surface area contributed by atoms with E-state index in [2.05, 4.69) is 17.0 Å². The Bertz CT molecular complexity index is 529. The number of carbonyl (C=O) groups is 1. The molecule has 1 aromatic carbocycles. The number of hydrogen-bond donors (Lipinski definition) is 4. The van der Waals surface area contributed by atoms with Gasteiger partial charge in [0.1, 0.15) is 5.54 Å². The van der Waals surface area contributed by atoms with Gasteiger partial charge in [-0.2, -0.15) is 0 Å². The molecule has 0 spiro atoms. The van der Waals surface area contributed by atoms with Crippen LogP contribution in [0.3, 0.4) is 0 Å². The first-order valence-electron chi connectivity index (χ1n) is 8.56. The minimum absolute atomic E-state index is 0.0854. The summed E-state index contributed by atoms with van der Waals surface area (Å²) in [5.74, 6) is -1.05. The summed E-state index contributed by atoms with van der Waals surface area (Å²) in [6.07, 6.45) is 2.53. The molecule has 1 saturated heterocycles. The van der Waals surface area contributed by atoms with Crippen LogP contribution in [0.25, 0.3) is 0 Å². The number of unbranched alkanes of at least 4 members (excludes halogenated alkanes) is 1. The lowest BCUT2D eigenvalue weighted by Gasteiger charge is -2.31. The number of nitrogens with zero attached hydrogens (tertiary/aromatic N) is 1. The lowest BCUT2D eigenvalue weighted by molar-refractivity contribution is -0.145. The molecule has 2 atom stereocenters. The summed E-state index contributed by atoms with van der Waals surface area (Å²) in [5.41, 5.74) is 6.24. The summed E-state index contributed by atoms with van der Waals surface area (Å²) in [4.78, 5) is 14.0. The van der Waals surface area contributed by atoms with E-state index in [9.17, 15) is 9.90 Å². The Morgan fingerprint density at radius 1 is 1.29 bits per heavy atom. The molecule has 0 aromatic heterocycles. The minimum Gasteiger partial charge on any atom is -0.480 e. The van der Waals surface area contributed by atoms with Crippen LogP contribution < -0.4 is 5.73 Å². The second kappa shape index (κ2) is 8.62. The van der Waals surface area contributed by atoms with E-state index >= 15 is 0 Å². The number of rotatable bonds is 9. The molecule has 24 heavy (non-hydrogen) atoms. The van der Waals surface area contributed by atoms with E-state index in [-0.39, 0.29) is 12.2 Å². The van der Waals surface area contributed by atoms with Crippen molar-refractivity contribution in [2.45, 2.75) is 44.1 Å². The second-order valence-corrected chi connectivity index (χ2v) is 6.78. The van der Waals surface area contributed by atoms with E-state index in [1.54, 1.807) is 0 Å². The summed E-state index contributed by atoms with van der Waals surface area (Å²) in [6, 6.07) is 10.1. The Kier molecular flexibility index (Phi) is 6.80. The molecule has 1 fully saturated rings. The average molecular weight is 334 g/mol. The zero-order chi connectivity index (χ0) is 17.6. The Morgan fingerprint density at radius 2 is 2.00 bits per heavy atom. The van der Waals surface area contributed by atoms with Gasteiger partial charge in [0, 0.05) is 19.0 Å². The summed E-state index contributed by atoms with van der Waals surface area (Å²) in [7, 11) is -1.34. The molecule has 0 saturated carbocycles. The maximum absolute atomic E-state index is 11.8. The standard InChI is InChI=1S/C17H27BN2O4/c19-17(16(21)22,9-4-5-10-18(23)24)15-8-11-20(13-15)12-14-6-2-1-3-7-14/h1-3,6-7,15,23-24H,4-5,8-13,19H2,(H,21,22)/t15-,17?/m1/s1. The minimum atomic E-state index is -1.34.